The van der Waals surface area contributed by atoms with Gasteiger partial charge in [0.15, 0.2) is 0 Å². The number of anilines is 1. The van der Waals surface area contributed by atoms with Crippen molar-refractivity contribution in [3.8, 4) is 0 Å². The molecule has 0 saturated carbocycles. The van der Waals surface area contributed by atoms with Crippen molar-refractivity contribution in [3.05, 3.63) is 46.8 Å². The van der Waals surface area contributed by atoms with Gasteiger partial charge in [-0.3, -0.25) is 4.79 Å². The van der Waals surface area contributed by atoms with Gasteiger partial charge in [-0.2, -0.15) is 0 Å². The molecule has 1 N–H and O–H groups in total. The Hall–Kier alpha value is -1.05. The van der Waals surface area contributed by atoms with E-state index in [1.165, 1.54) is 17.1 Å². The predicted molar refractivity (Wildman–Crippen MR) is 105 cm³/mol. The number of nitrogens with zero attached hydrogens (tertiary/aromatic N) is 1. The van der Waals surface area contributed by atoms with Gasteiger partial charge < -0.3 is 9.84 Å². The van der Waals surface area contributed by atoms with Gasteiger partial charge >= 0.3 is 0 Å². The highest BCUT2D eigenvalue weighted by atomic mass is 32.2. The summed E-state index contributed by atoms with van der Waals surface area (Å²) in [6.07, 6.45) is 0. The zero-order chi connectivity index (χ0) is 16.9. The van der Waals surface area contributed by atoms with Crippen LogP contribution < -0.4 is 5.32 Å². The minimum absolute atomic E-state index is 0.0237. The number of carbonyl (C=O) groups is 1. The van der Waals surface area contributed by atoms with Gasteiger partial charge in [-0.25, -0.2) is 0 Å². The molecule has 1 aliphatic rings. The predicted octanol–water partition coefficient (Wildman–Crippen LogP) is 4.64. The molecule has 2 aromatic rings. The van der Waals surface area contributed by atoms with Gasteiger partial charge in [0, 0.05) is 28.5 Å². The average molecular weight is 381 g/mol. The molecule has 0 aliphatic carbocycles. The average Bonchev–Trinajstić information content (AvgIpc) is 3.20. The third kappa shape index (κ3) is 4.52. The van der Waals surface area contributed by atoms with E-state index in [0.29, 0.717) is 10.3 Å². The number of amides is 1. The second-order valence-electron chi connectivity index (χ2n) is 5.54. The molecule has 1 amide bonds. The first-order valence-corrected chi connectivity index (χ1v) is 11.0. The Morgan fingerprint density at radius 2 is 2.17 bits per heavy atom. The third-order valence-electron chi connectivity index (χ3n) is 3.73. The van der Waals surface area contributed by atoms with Gasteiger partial charge in [0.1, 0.15) is 5.76 Å². The van der Waals surface area contributed by atoms with Crippen LogP contribution in [0.2, 0.25) is 0 Å². The SMILES string of the molecule is Cc1noc(C)c1CSCC(=O)Nc1cccc(C2SCCS2)c1. The molecule has 0 bridgehead atoms. The minimum Gasteiger partial charge on any atom is -0.361 e. The number of hydrogen-bond acceptors (Lipinski definition) is 6. The fourth-order valence-electron chi connectivity index (χ4n) is 2.46. The smallest absolute Gasteiger partial charge is 0.234 e. The summed E-state index contributed by atoms with van der Waals surface area (Å²) in [5.41, 5.74) is 4.15. The number of carbonyl (C=O) groups excluding carboxylic acids is 1. The lowest BCUT2D eigenvalue weighted by Crippen LogP contribution is -2.14. The van der Waals surface area contributed by atoms with Crippen molar-refractivity contribution in [3.63, 3.8) is 0 Å². The van der Waals surface area contributed by atoms with E-state index < -0.39 is 0 Å². The molecule has 1 saturated heterocycles. The fraction of sp³-hybridized carbons (Fsp3) is 0.412. The molecule has 24 heavy (non-hydrogen) atoms. The minimum atomic E-state index is 0.0237. The van der Waals surface area contributed by atoms with Crippen LogP contribution in [0.4, 0.5) is 5.69 Å². The Bertz CT molecular complexity index is 692. The highest BCUT2D eigenvalue weighted by molar-refractivity contribution is 8.19. The number of aryl methyl sites for hydroxylation is 2. The van der Waals surface area contributed by atoms with Crippen LogP contribution in [0.25, 0.3) is 0 Å². The fourth-order valence-corrected chi connectivity index (χ4v) is 6.28. The number of nitrogens with one attached hydrogen (secondary N) is 1. The highest BCUT2D eigenvalue weighted by Gasteiger charge is 2.18. The molecule has 1 aromatic heterocycles. The van der Waals surface area contributed by atoms with Crippen molar-refractivity contribution >= 4 is 46.9 Å². The first-order chi connectivity index (χ1) is 11.6. The molecule has 0 unspecified atom stereocenters. The van der Waals surface area contributed by atoms with E-state index in [9.17, 15) is 4.79 Å². The lowest BCUT2D eigenvalue weighted by atomic mass is 10.2. The molecule has 1 fully saturated rings. The van der Waals surface area contributed by atoms with E-state index in [2.05, 4.69) is 22.6 Å². The van der Waals surface area contributed by atoms with Crippen LogP contribution >= 0.6 is 35.3 Å². The molecular weight excluding hydrogens is 360 g/mol. The van der Waals surface area contributed by atoms with Gasteiger partial charge in [-0.15, -0.1) is 35.3 Å². The van der Waals surface area contributed by atoms with Gasteiger partial charge in [-0.05, 0) is 31.5 Å². The second kappa shape index (κ2) is 8.36. The summed E-state index contributed by atoms with van der Waals surface area (Å²) in [5, 5.41) is 6.93. The molecular formula is C17H20N2O2S3. The van der Waals surface area contributed by atoms with E-state index in [4.69, 9.17) is 4.52 Å². The molecule has 3 rings (SSSR count). The number of hydrogen-bond donors (Lipinski definition) is 1. The molecule has 4 nitrogen and oxygen atoms in total. The van der Waals surface area contributed by atoms with Crippen LogP contribution in [-0.4, -0.2) is 28.3 Å². The monoisotopic (exact) mass is 380 g/mol. The first-order valence-electron chi connectivity index (χ1n) is 7.76. The van der Waals surface area contributed by atoms with Gasteiger partial charge in [0.05, 0.1) is 16.0 Å². The Balaban J connectivity index is 1.50. The van der Waals surface area contributed by atoms with Crippen molar-refractivity contribution in [2.45, 2.75) is 24.2 Å². The second-order valence-corrected chi connectivity index (χ2v) is 9.25. The Kier molecular flexibility index (Phi) is 6.19. The molecule has 1 aliphatic heterocycles. The maximum absolute atomic E-state index is 12.2. The van der Waals surface area contributed by atoms with Crippen LogP contribution in [-0.2, 0) is 10.5 Å². The molecule has 0 radical (unpaired) electrons. The van der Waals surface area contributed by atoms with Gasteiger partial charge in [0.2, 0.25) is 5.91 Å². The highest BCUT2D eigenvalue weighted by Crippen LogP contribution is 2.45. The zero-order valence-electron chi connectivity index (χ0n) is 13.7. The van der Waals surface area contributed by atoms with E-state index in [0.717, 1.165) is 28.5 Å². The van der Waals surface area contributed by atoms with Crippen LogP contribution in [0.15, 0.2) is 28.8 Å². The molecule has 2 heterocycles. The molecule has 0 spiro atoms. The number of rotatable bonds is 6. The molecule has 1 aromatic carbocycles. The summed E-state index contributed by atoms with van der Waals surface area (Å²) < 4.78 is 5.64. The maximum Gasteiger partial charge on any atom is 0.234 e. The van der Waals surface area contributed by atoms with Gasteiger partial charge in [0.25, 0.3) is 0 Å². The maximum atomic E-state index is 12.2. The molecule has 0 atom stereocenters. The number of benzene rings is 1. The standard InChI is InChI=1S/C17H20N2O2S3/c1-11-15(12(2)21-19-11)9-22-10-16(20)18-14-5-3-4-13(8-14)17-23-6-7-24-17/h3-5,8,17H,6-7,9-10H2,1-2H3,(H,18,20). The van der Waals surface area contributed by atoms with E-state index in [1.807, 2.05) is 49.5 Å². The zero-order valence-corrected chi connectivity index (χ0v) is 16.2. The normalized spacial score (nSPS) is 14.9. The topological polar surface area (TPSA) is 55.1 Å². The summed E-state index contributed by atoms with van der Waals surface area (Å²) in [6.45, 7) is 3.83. The summed E-state index contributed by atoms with van der Waals surface area (Å²) in [4.78, 5) is 12.2. The third-order valence-corrected chi connectivity index (χ3v) is 7.79. The lowest BCUT2D eigenvalue weighted by molar-refractivity contribution is -0.113. The largest absolute Gasteiger partial charge is 0.361 e. The van der Waals surface area contributed by atoms with Crippen LogP contribution in [0.3, 0.4) is 0 Å². The Morgan fingerprint density at radius 3 is 2.88 bits per heavy atom. The van der Waals surface area contributed by atoms with E-state index in [-0.39, 0.29) is 5.91 Å². The molecule has 128 valence electrons. The van der Waals surface area contributed by atoms with Crippen molar-refractivity contribution in [1.82, 2.24) is 5.16 Å². The Labute approximate surface area is 154 Å². The number of aromatic nitrogens is 1. The summed E-state index contributed by atoms with van der Waals surface area (Å²) in [7, 11) is 0. The van der Waals surface area contributed by atoms with Crippen LogP contribution in [0, 0.1) is 13.8 Å². The van der Waals surface area contributed by atoms with Crippen molar-refractivity contribution in [2.24, 2.45) is 0 Å². The molecule has 7 heteroatoms. The van der Waals surface area contributed by atoms with Crippen LogP contribution in [0.5, 0.6) is 0 Å². The summed E-state index contributed by atoms with van der Waals surface area (Å²) >= 11 is 5.51. The first kappa shape index (κ1) is 17.8. The van der Waals surface area contributed by atoms with Crippen molar-refractivity contribution in [1.29, 1.82) is 0 Å². The lowest BCUT2D eigenvalue weighted by Gasteiger charge is -2.11. The van der Waals surface area contributed by atoms with Crippen molar-refractivity contribution < 1.29 is 9.32 Å². The van der Waals surface area contributed by atoms with Crippen LogP contribution in [0.1, 0.15) is 27.2 Å². The Morgan fingerprint density at radius 1 is 1.38 bits per heavy atom. The van der Waals surface area contributed by atoms with E-state index in [1.54, 1.807) is 11.8 Å². The van der Waals surface area contributed by atoms with Gasteiger partial charge in [-0.1, -0.05) is 17.3 Å². The van der Waals surface area contributed by atoms with Crippen molar-refractivity contribution in [2.75, 3.05) is 22.6 Å². The summed E-state index contributed by atoms with van der Waals surface area (Å²) in [6, 6.07) is 8.19. The number of thioether (sulfide) groups is 3. The van der Waals surface area contributed by atoms with E-state index >= 15 is 0 Å². The quantitative estimate of drug-likeness (QED) is 0.788. The summed E-state index contributed by atoms with van der Waals surface area (Å²) in [5.74, 6) is 4.41.